The van der Waals surface area contributed by atoms with E-state index in [1.807, 2.05) is 0 Å². The van der Waals surface area contributed by atoms with Gasteiger partial charge in [-0.05, 0) is 6.92 Å². The van der Waals surface area contributed by atoms with Gasteiger partial charge in [-0.25, -0.2) is 14.5 Å². The first-order valence-electron chi connectivity index (χ1n) is 8.79. The molecule has 0 saturated carbocycles. The van der Waals surface area contributed by atoms with Crippen molar-refractivity contribution in [3.63, 3.8) is 0 Å². The summed E-state index contributed by atoms with van der Waals surface area (Å²) >= 11 is 0. The summed E-state index contributed by atoms with van der Waals surface area (Å²) < 4.78 is 13.1. The Labute approximate surface area is 163 Å². The van der Waals surface area contributed by atoms with Gasteiger partial charge in [-0.2, -0.15) is 15.1 Å². The standard InChI is InChI=1S/C16H19N7O6/c1-2-28-15(27)7-3-19-23(4-7)16-20-12(17)9-13(21-16)22(6-18-9)14-11(26)10(25)8(5-24)29-14/h3-4,6,8,10-11,14,24-26H,2,5H2,1H3,(H2,17,20,21)/t8-,10-,11-,14-/m1/s1. The number of aliphatic hydroxyl groups excluding tert-OH is 3. The number of carbonyl (C=O) groups excluding carboxylic acids is 1. The zero-order chi connectivity index (χ0) is 20.7. The van der Waals surface area contributed by atoms with E-state index in [1.165, 1.54) is 28.0 Å². The zero-order valence-electron chi connectivity index (χ0n) is 15.3. The molecule has 0 radical (unpaired) electrons. The zero-order valence-corrected chi connectivity index (χ0v) is 15.3. The Morgan fingerprint density at radius 2 is 2.14 bits per heavy atom. The molecule has 0 amide bonds. The molecule has 0 unspecified atom stereocenters. The number of aliphatic hydroxyl groups is 3. The highest BCUT2D eigenvalue weighted by Crippen LogP contribution is 2.32. The van der Waals surface area contributed by atoms with Crippen molar-refractivity contribution in [1.29, 1.82) is 0 Å². The van der Waals surface area contributed by atoms with Crippen LogP contribution in [0.1, 0.15) is 23.5 Å². The highest BCUT2D eigenvalue weighted by molar-refractivity contribution is 5.89. The molecule has 0 spiro atoms. The summed E-state index contributed by atoms with van der Waals surface area (Å²) in [5.41, 5.74) is 6.67. The van der Waals surface area contributed by atoms with Crippen LogP contribution in [0.25, 0.3) is 17.1 Å². The van der Waals surface area contributed by atoms with Gasteiger partial charge in [-0.1, -0.05) is 0 Å². The third kappa shape index (κ3) is 3.19. The number of ether oxygens (including phenoxy) is 2. The minimum atomic E-state index is -1.32. The molecule has 13 heteroatoms. The SMILES string of the molecule is CCOC(=O)c1cnn(-c2nc(N)c3ncn([C@@H]4O[C@H](CO)[C@@H](O)[C@H]4O)c3n2)c1. The summed E-state index contributed by atoms with van der Waals surface area (Å²) in [7, 11) is 0. The molecular formula is C16H19N7O6. The molecule has 1 aliphatic rings. The van der Waals surface area contributed by atoms with E-state index in [1.54, 1.807) is 6.92 Å². The van der Waals surface area contributed by atoms with Crippen molar-refractivity contribution < 1.29 is 29.6 Å². The molecule has 0 aromatic carbocycles. The van der Waals surface area contributed by atoms with Crippen LogP contribution in [0.15, 0.2) is 18.7 Å². The van der Waals surface area contributed by atoms with Gasteiger partial charge in [0.1, 0.15) is 23.8 Å². The second-order valence-corrected chi connectivity index (χ2v) is 6.36. The largest absolute Gasteiger partial charge is 0.462 e. The number of anilines is 1. The predicted molar refractivity (Wildman–Crippen MR) is 95.8 cm³/mol. The van der Waals surface area contributed by atoms with Crippen molar-refractivity contribution in [1.82, 2.24) is 29.3 Å². The maximum absolute atomic E-state index is 11.8. The number of esters is 1. The fraction of sp³-hybridized carbons (Fsp3) is 0.438. The lowest BCUT2D eigenvalue weighted by molar-refractivity contribution is -0.0511. The number of nitrogens with two attached hydrogens (primary N) is 1. The summed E-state index contributed by atoms with van der Waals surface area (Å²) in [4.78, 5) is 24.5. The number of nitrogen functional groups attached to an aromatic ring is 1. The van der Waals surface area contributed by atoms with Gasteiger partial charge in [-0.15, -0.1) is 0 Å². The maximum atomic E-state index is 11.8. The Morgan fingerprint density at radius 1 is 1.34 bits per heavy atom. The average Bonchev–Trinajstić information content (AvgIpc) is 3.41. The number of imidazole rings is 1. The molecular weight excluding hydrogens is 386 g/mol. The number of hydrogen-bond acceptors (Lipinski definition) is 11. The molecule has 4 atom stereocenters. The van der Waals surface area contributed by atoms with Crippen molar-refractivity contribution in [2.45, 2.75) is 31.5 Å². The first-order valence-corrected chi connectivity index (χ1v) is 8.79. The quantitative estimate of drug-likeness (QED) is 0.358. The van der Waals surface area contributed by atoms with Crippen LogP contribution in [0.4, 0.5) is 5.82 Å². The van der Waals surface area contributed by atoms with Crippen molar-refractivity contribution in [3.8, 4) is 5.95 Å². The monoisotopic (exact) mass is 405 g/mol. The van der Waals surface area contributed by atoms with Crippen LogP contribution in [0, 0.1) is 0 Å². The number of nitrogens with zero attached hydrogens (tertiary/aromatic N) is 6. The lowest BCUT2D eigenvalue weighted by atomic mass is 10.1. The Bertz CT molecular complexity index is 1050. The summed E-state index contributed by atoms with van der Waals surface area (Å²) in [5, 5.41) is 33.6. The van der Waals surface area contributed by atoms with Gasteiger partial charge in [0.2, 0.25) is 0 Å². The van der Waals surface area contributed by atoms with E-state index in [0.717, 1.165) is 0 Å². The van der Waals surface area contributed by atoms with E-state index in [-0.39, 0.29) is 35.1 Å². The van der Waals surface area contributed by atoms with Crippen LogP contribution in [0.2, 0.25) is 0 Å². The van der Waals surface area contributed by atoms with Gasteiger partial charge in [0.15, 0.2) is 17.7 Å². The van der Waals surface area contributed by atoms with Crippen molar-refractivity contribution in [3.05, 3.63) is 24.3 Å². The normalized spacial score (nSPS) is 24.3. The van der Waals surface area contributed by atoms with Gasteiger partial charge in [0.25, 0.3) is 5.95 Å². The number of aromatic nitrogens is 6. The van der Waals surface area contributed by atoms with Gasteiger partial charge >= 0.3 is 5.97 Å². The molecule has 13 nitrogen and oxygen atoms in total. The Kier molecular flexibility index (Phi) is 4.87. The molecule has 1 aliphatic heterocycles. The molecule has 1 saturated heterocycles. The Hall–Kier alpha value is -3.13. The molecule has 3 aromatic rings. The Balaban J connectivity index is 1.74. The molecule has 4 rings (SSSR count). The second-order valence-electron chi connectivity index (χ2n) is 6.36. The van der Waals surface area contributed by atoms with Crippen LogP contribution < -0.4 is 5.73 Å². The second kappa shape index (κ2) is 7.36. The molecule has 154 valence electrons. The first-order chi connectivity index (χ1) is 13.9. The van der Waals surface area contributed by atoms with E-state index >= 15 is 0 Å². The van der Waals surface area contributed by atoms with E-state index in [4.69, 9.17) is 15.2 Å². The molecule has 3 aromatic heterocycles. The number of rotatable bonds is 5. The molecule has 0 bridgehead atoms. The van der Waals surface area contributed by atoms with Gasteiger partial charge < -0.3 is 30.5 Å². The number of carbonyl (C=O) groups is 1. The number of hydrogen-bond donors (Lipinski definition) is 4. The fourth-order valence-electron chi connectivity index (χ4n) is 3.08. The maximum Gasteiger partial charge on any atom is 0.341 e. The Morgan fingerprint density at radius 3 is 2.83 bits per heavy atom. The fourth-order valence-corrected chi connectivity index (χ4v) is 3.08. The molecule has 5 N–H and O–H groups in total. The minimum Gasteiger partial charge on any atom is -0.462 e. The summed E-state index contributed by atoms with van der Waals surface area (Å²) in [6.07, 6.45) is -0.542. The summed E-state index contributed by atoms with van der Waals surface area (Å²) in [6, 6.07) is 0. The van der Waals surface area contributed by atoms with E-state index in [0.29, 0.717) is 0 Å². The van der Waals surface area contributed by atoms with E-state index in [2.05, 4.69) is 20.1 Å². The van der Waals surface area contributed by atoms with Gasteiger partial charge in [0, 0.05) is 6.20 Å². The predicted octanol–water partition coefficient (Wildman–Crippen LogP) is -1.62. The number of fused-ring (bicyclic) bond motifs is 1. The third-order valence-corrected chi connectivity index (χ3v) is 4.53. The summed E-state index contributed by atoms with van der Waals surface area (Å²) in [5.74, 6) is -0.438. The average molecular weight is 405 g/mol. The van der Waals surface area contributed by atoms with Crippen LogP contribution in [-0.2, 0) is 9.47 Å². The topological polar surface area (TPSA) is 184 Å². The lowest BCUT2D eigenvalue weighted by Gasteiger charge is -2.16. The van der Waals surface area contributed by atoms with Crippen molar-refractivity contribution in [2.75, 3.05) is 18.9 Å². The van der Waals surface area contributed by atoms with E-state index in [9.17, 15) is 20.1 Å². The van der Waals surface area contributed by atoms with Crippen LogP contribution >= 0.6 is 0 Å². The molecule has 29 heavy (non-hydrogen) atoms. The minimum absolute atomic E-state index is 0.0451. The van der Waals surface area contributed by atoms with Crippen LogP contribution in [0.5, 0.6) is 0 Å². The first kappa shape index (κ1) is 19.2. The van der Waals surface area contributed by atoms with Gasteiger partial charge in [0.05, 0.1) is 31.3 Å². The third-order valence-electron chi connectivity index (χ3n) is 4.53. The summed E-state index contributed by atoms with van der Waals surface area (Å²) in [6.45, 7) is 1.45. The van der Waals surface area contributed by atoms with E-state index < -0.39 is 37.1 Å². The van der Waals surface area contributed by atoms with Crippen LogP contribution in [-0.4, -0.2) is 82.1 Å². The molecule has 0 aliphatic carbocycles. The van der Waals surface area contributed by atoms with Crippen molar-refractivity contribution in [2.24, 2.45) is 0 Å². The lowest BCUT2D eigenvalue weighted by Crippen LogP contribution is -2.33. The molecule has 4 heterocycles. The smallest absolute Gasteiger partial charge is 0.341 e. The highest BCUT2D eigenvalue weighted by Gasteiger charge is 2.44. The van der Waals surface area contributed by atoms with Crippen molar-refractivity contribution >= 4 is 23.0 Å². The van der Waals surface area contributed by atoms with Crippen LogP contribution in [0.3, 0.4) is 0 Å². The van der Waals surface area contributed by atoms with Gasteiger partial charge in [-0.3, -0.25) is 4.57 Å². The molecule has 1 fully saturated rings. The highest BCUT2D eigenvalue weighted by atomic mass is 16.6.